The highest BCUT2D eigenvalue weighted by atomic mass is 35.5. The fourth-order valence-corrected chi connectivity index (χ4v) is 5.44. The van der Waals surface area contributed by atoms with Crippen LogP contribution >= 0.6 is 11.6 Å². The molecular formula is C21H26ClN7O2S. The first kappa shape index (κ1) is 21.5. The van der Waals surface area contributed by atoms with Crippen LogP contribution in [0.25, 0.3) is 5.65 Å². The Hall–Kier alpha value is -2.30. The zero-order chi connectivity index (χ0) is 22.3. The van der Waals surface area contributed by atoms with E-state index in [2.05, 4.69) is 25.2 Å². The number of imidazole rings is 1. The number of fused-ring (bicyclic) bond motifs is 1. The molecule has 1 aliphatic heterocycles. The summed E-state index contributed by atoms with van der Waals surface area (Å²) in [6.45, 7) is 1.60. The average molecular weight is 476 g/mol. The summed E-state index contributed by atoms with van der Waals surface area (Å²) in [6.07, 6.45) is 13.1. The van der Waals surface area contributed by atoms with Crippen molar-refractivity contribution in [2.45, 2.75) is 48.5 Å². The van der Waals surface area contributed by atoms with Gasteiger partial charge in [0.1, 0.15) is 10.7 Å². The number of rotatable bonds is 6. The van der Waals surface area contributed by atoms with E-state index >= 15 is 0 Å². The SMILES string of the molecule is C[S@@](=O)c1c(NC2(CO)CCC2)nc(N2CCC(c3ncc(Cl)cn3)CC2)n2ccnc12. The Morgan fingerprint density at radius 2 is 1.97 bits per heavy atom. The first-order chi connectivity index (χ1) is 15.5. The Labute approximate surface area is 193 Å². The second-order valence-corrected chi connectivity index (χ2v) is 10.4. The molecule has 4 heterocycles. The normalized spacial score (nSPS) is 19.7. The molecular weight excluding hydrogens is 450 g/mol. The first-order valence-corrected chi connectivity index (χ1v) is 12.8. The van der Waals surface area contributed by atoms with Gasteiger partial charge < -0.3 is 15.3 Å². The van der Waals surface area contributed by atoms with E-state index in [1.807, 2.05) is 10.6 Å². The number of aliphatic hydroxyl groups is 1. The third-order valence-electron chi connectivity index (χ3n) is 6.55. The maximum atomic E-state index is 12.6. The third-order valence-corrected chi connectivity index (χ3v) is 7.70. The van der Waals surface area contributed by atoms with Gasteiger partial charge in [0.25, 0.3) is 0 Å². The molecule has 1 aliphatic carbocycles. The predicted molar refractivity (Wildman–Crippen MR) is 124 cm³/mol. The Bertz CT molecular complexity index is 1140. The van der Waals surface area contributed by atoms with Gasteiger partial charge in [-0.1, -0.05) is 11.6 Å². The summed E-state index contributed by atoms with van der Waals surface area (Å²) in [7, 11) is -1.29. The smallest absolute Gasteiger partial charge is 0.213 e. The molecule has 0 unspecified atom stereocenters. The summed E-state index contributed by atoms with van der Waals surface area (Å²) in [5, 5.41) is 13.9. The maximum absolute atomic E-state index is 12.6. The number of nitrogens with one attached hydrogen (secondary N) is 1. The van der Waals surface area contributed by atoms with E-state index in [-0.39, 0.29) is 12.5 Å². The van der Waals surface area contributed by atoms with Gasteiger partial charge in [-0.15, -0.1) is 0 Å². The predicted octanol–water partition coefficient (Wildman–Crippen LogP) is 2.62. The Morgan fingerprint density at radius 3 is 2.56 bits per heavy atom. The van der Waals surface area contributed by atoms with Gasteiger partial charge in [-0.2, -0.15) is 4.98 Å². The molecule has 9 nitrogen and oxygen atoms in total. The molecule has 2 N–H and O–H groups in total. The van der Waals surface area contributed by atoms with Crippen molar-refractivity contribution < 1.29 is 9.32 Å². The van der Waals surface area contributed by atoms with Gasteiger partial charge in [-0.05, 0) is 32.1 Å². The lowest BCUT2D eigenvalue weighted by molar-refractivity contribution is 0.143. The van der Waals surface area contributed by atoms with E-state index in [1.165, 1.54) is 0 Å². The summed E-state index contributed by atoms with van der Waals surface area (Å²) in [5.74, 6) is 2.41. The molecule has 3 aromatic heterocycles. The van der Waals surface area contributed by atoms with Crippen molar-refractivity contribution in [3.63, 3.8) is 0 Å². The second kappa shape index (κ2) is 8.57. The van der Waals surface area contributed by atoms with Crippen LogP contribution in [0.1, 0.15) is 43.8 Å². The van der Waals surface area contributed by atoms with E-state index in [0.29, 0.717) is 21.4 Å². The molecule has 2 fully saturated rings. The number of hydrogen-bond acceptors (Lipinski definition) is 8. The van der Waals surface area contributed by atoms with E-state index in [4.69, 9.17) is 16.6 Å². The van der Waals surface area contributed by atoms with E-state index in [9.17, 15) is 9.32 Å². The summed E-state index contributed by atoms with van der Waals surface area (Å²) < 4.78 is 14.6. The van der Waals surface area contributed by atoms with E-state index in [0.717, 1.165) is 57.0 Å². The minimum absolute atomic E-state index is 0.0198. The minimum Gasteiger partial charge on any atom is -0.394 e. The molecule has 5 rings (SSSR count). The molecule has 0 bridgehead atoms. The highest BCUT2D eigenvalue weighted by Crippen LogP contribution is 2.38. The summed E-state index contributed by atoms with van der Waals surface area (Å²) in [6, 6.07) is 0. The van der Waals surface area contributed by atoms with Crippen molar-refractivity contribution in [1.29, 1.82) is 0 Å². The molecule has 0 aromatic carbocycles. The van der Waals surface area contributed by atoms with Crippen LogP contribution in [-0.4, -0.2) is 65.1 Å². The third kappa shape index (κ3) is 3.84. The fraction of sp³-hybridized carbons (Fsp3) is 0.524. The lowest BCUT2D eigenvalue weighted by Crippen LogP contribution is -2.49. The largest absolute Gasteiger partial charge is 0.394 e. The van der Waals surface area contributed by atoms with Crippen LogP contribution in [0.5, 0.6) is 0 Å². The van der Waals surface area contributed by atoms with Crippen molar-refractivity contribution >= 4 is 39.8 Å². The number of piperidine rings is 1. The molecule has 1 atom stereocenters. The number of aliphatic hydroxyl groups excluding tert-OH is 1. The zero-order valence-corrected chi connectivity index (χ0v) is 19.4. The topological polar surface area (TPSA) is 109 Å². The van der Waals surface area contributed by atoms with Crippen LogP contribution < -0.4 is 10.2 Å². The van der Waals surface area contributed by atoms with Crippen LogP contribution in [0.2, 0.25) is 5.02 Å². The number of hydrogen-bond donors (Lipinski definition) is 2. The molecule has 32 heavy (non-hydrogen) atoms. The molecule has 11 heteroatoms. The number of anilines is 2. The van der Waals surface area contributed by atoms with Gasteiger partial charge in [0.15, 0.2) is 11.5 Å². The van der Waals surface area contributed by atoms with Crippen LogP contribution in [0.4, 0.5) is 11.8 Å². The lowest BCUT2D eigenvalue weighted by atomic mass is 9.77. The molecule has 170 valence electrons. The number of halogens is 1. The average Bonchev–Trinajstić information content (AvgIpc) is 3.25. The summed E-state index contributed by atoms with van der Waals surface area (Å²) in [4.78, 5) is 21.0. The Balaban J connectivity index is 1.46. The van der Waals surface area contributed by atoms with Crippen molar-refractivity contribution in [1.82, 2.24) is 24.3 Å². The Kier molecular flexibility index (Phi) is 5.77. The van der Waals surface area contributed by atoms with Crippen molar-refractivity contribution in [3.8, 4) is 0 Å². The first-order valence-electron chi connectivity index (χ1n) is 10.8. The van der Waals surface area contributed by atoms with Crippen LogP contribution in [0, 0.1) is 0 Å². The standard InChI is InChI=1S/C21H26ClN7O2S/c1-32(31)16-18(27-21(13-30)5-2-6-21)26-20(29-10-7-23-19(16)29)28-8-3-14(4-9-28)17-24-11-15(22)12-25-17/h7,10-12,14,27,30H,2-6,8-9,13H2,1H3/t32-/m1/s1. The molecule has 1 saturated heterocycles. The van der Waals surface area contributed by atoms with Crippen molar-refractivity contribution in [2.75, 3.05) is 36.2 Å². The molecule has 2 aliphatic rings. The summed E-state index contributed by atoms with van der Waals surface area (Å²) in [5.41, 5.74) is 0.233. The highest BCUT2D eigenvalue weighted by Gasteiger charge is 2.38. The van der Waals surface area contributed by atoms with Gasteiger partial charge >= 0.3 is 0 Å². The summed E-state index contributed by atoms with van der Waals surface area (Å²) >= 11 is 5.93. The lowest BCUT2D eigenvalue weighted by Gasteiger charge is -2.42. The molecule has 1 saturated carbocycles. The Morgan fingerprint density at radius 1 is 1.25 bits per heavy atom. The molecule has 0 radical (unpaired) electrons. The minimum atomic E-state index is -1.29. The number of nitrogens with zero attached hydrogens (tertiary/aromatic N) is 6. The fourth-order valence-electron chi connectivity index (χ4n) is 4.56. The van der Waals surface area contributed by atoms with E-state index < -0.39 is 16.3 Å². The quantitative estimate of drug-likeness (QED) is 0.560. The van der Waals surface area contributed by atoms with Crippen LogP contribution in [0.15, 0.2) is 29.7 Å². The van der Waals surface area contributed by atoms with Gasteiger partial charge in [-0.25, -0.2) is 15.0 Å². The molecule has 0 spiro atoms. The monoisotopic (exact) mass is 475 g/mol. The van der Waals surface area contributed by atoms with Gasteiger partial charge in [0, 0.05) is 50.1 Å². The van der Waals surface area contributed by atoms with Gasteiger partial charge in [0.2, 0.25) is 5.95 Å². The zero-order valence-electron chi connectivity index (χ0n) is 17.9. The van der Waals surface area contributed by atoms with Crippen LogP contribution in [0.3, 0.4) is 0 Å². The van der Waals surface area contributed by atoms with Crippen molar-refractivity contribution in [3.05, 3.63) is 35.6 Å². The van der Waals surface area contributed by atoms with Crippen molar-refractivity contribution in [2.24, 2.45) is 0 Å². The van der Waals surface area contributed by atoms with Crippen LogP contribution in [-0.2, 0) is 10.8 Å². The van der Waals surface area contributed by atoms with Gasteiger partial charge in [-0.3, -0.25) is 8.61 Å². The maximum Gasteiger partial charge on any atom is 0.213 e. The number of aromatic nitrogens is 5. The molecule has 3 aromatic rings. The molecule has 0 amide bonds. The van der Waals surface area contributed by atoms with E-state index in [1.54, 1.807) is 24.8 Å². The van der Waals surface area contributed by atoms with Gasteiger partial charge in [0.05, 0.1) is 28.0 Å². The highest BCUT2D eigenvalue weighted by molar-refractivity contribution is 7.84. The second-order valence-electron chi connectivity index (χ2n) is 8.60.